The second-order valence-electron chi connectivity index (χ2n) is 3.23. The van der Waals surface area contributed by atoms with Crippen LogP contribution in [0.3, 0.4) is 0 Å². The van der Waals surface area contributed by atoms with Crippen molar-refractivity contribution >= 4 is 22.4 Å². The third kappa shape index (κ3) is 1.20. The van der Waals surface area contributed by atoms with Gasteiger partial charge in [-0.2, -0.15) is 0 Å². The van der Waals surface area contributed by atoms with Gasteiger partial charge in [0.1, 0.15) is 5.65 Å². The lowest BCUT2D eigenvalue weighted by Gasteiger charge is -2.09. The van der Waals surface area contributed by atoms with Gasteiger partial charge >= 0.3 is 0 Å². The van der Waals surface area contributed by atoms with Gasteiger partial charge in [0.2, 0.25) is 0 Å². The molecule has 0 fully saturated rings. The summed E-state index contributed by atoms with van der Waals surface area (Å²) < 4.78 is 0. The number of aromatic nitrogens is 2. The normalized spacial score (nSPS) is 10.6. The number of nitrogens with one attached hydrogen (secondary N) is 1. The number of H-pyrrole nitrogens is 1. The van der Waals surface area contributed by atoms with Crippen LogP contribution in [0.15, 0.2) is 18.5 Å². The molecule has 0 aliphatic heterocycles. The Balaban J connectivity index is 2.71. The van der Waals surface area contributed by atoms with Crippen molar-refractivity contribution < 1.29 is 0 Å². The van der Waals surface area contributed by atoms with Crippen LogP contribution in [0.5, 0.6) is 0 Å². The topological polar surface area (TPSA) is 57.9 Å². The van der Waals surface area contributed by atoms with Gasteiger partial charge in [0, 0.05) is 25.7 Å². The summed E-state index contributed by atoms with van der Waals surface area (Å²) >= 11 is 0. The zero-order valence-electron chi connectivity index (χ0n) is 7.70. The van der Waals surface area contributed by atoms with E-state index in [1.54, 1.807) is 6.20 Å². The van der Waals surface area contributed by atoms with Crippen LogP contribution < -0.4 is 10.6 Å². The number of pyridine rings is 1. The van der Waals surface area contributed by atoms with Crippen molar-refractivity contribution in [2.75, 3.05) is 24.7 Å². The van der Waals surface area contributed by atoms with Gasteiger partial charge in [-0.3, -0.25) is 0 Å². The molecule has 2 aromatic heterocycles. The predicted molar refractivity (Wildman–Crippen MR) is 54.8 cm³/mol. The minimum absolute atomic E-state index is 0.690. The van der Waals surface area contributed by atoms with Gasteiger partial charge in [-0.25, -0.2) is 4.98 Å². The van der Waals surface area contributed by atoms with Crippen LogP contribution in [0, 0.1) is 0 Å². The lowest BCUT2D eigenvalue weighted by molar-refractivity contribution is 1.14. The Morgan fingerprint density at radius 3 is 2.92 bits per heavy atom. The molecular weight excluding hydrogens is 164 g/mol. The molecule has 0 saturated carbocycles. The minimum atomic E-state index is 0.690. The summed E-state index contributed by atoms with van der Waals surface area (Å²) in [6.07, 6.45) is 3.58. The summed E-state index contributed by atoms with van der Waals surface area (Å²) in [7, 11) is 3.98. The fourth-order valence-corrected chi connectivity index (χ4v) is 1.38. The number of hydrogen-bond donors (Lipinski definition) is 2. The van der Waals surface area contributed by atoms with Crippen molar-refractivity contribution in [3.8, 4) is 0 Å². The number of aromatic amines is 1. The van der Waals surface area contributed by atoms with E-state index in [-0.39, 0.29) is 0 Å². The number of nitrogens with zero attached hydrogens (tertiary/aromatic N) is 2. The first kappa shape index (κ1) is 7.91. The quantitative estimate of drug-likeness (QED) is 0.686. The van der Waals surface area contributed by atoms with E-state index in [9.17, 15) is 0 Å². The van der Waals surface area contributed by atoms with Crippen molar-refractivity contribution in [1.82, 2.24) is 9.97 Å². The molecule has 0 aliphatic rings. The number of rotatable bonds is 1. The van der Waals surface area contributed by atoms with E-state index in [1.807, 2.05) is 31.3 Å². The highest BCUT2D eigenvalue weighted by Gasteiger charge is 2.05. The molecule has 0 amide bonds. The molecular formula is C9H12N4. The number of fused-ring (bicyclic) bond motifs is 1. The Hall–Kier alpha value is -1.71. The van der Waals surface area contributed by atoms with E-state index in [0.29, 0.717) is 5.69 Å². The van der Waals surface area contributed by atoms with E-state index in [4.69, 9.17) is 5.73 Å². The maximum absolute atomic E-state index is 5.66. The van der Waals surface area contributed by atoms with Gasteiger partial charge in [0.05, 0.1) is 17.6 Å². The molecule has 0 radical (unpaired) electrons. The lowest BCUT2D eigenvalue weighted by Crippen LogP contribution is -2.07. The molecule has 0 atom stereocenters. The second-order valence-corrected chi connectivity index (χ2v) is 3.23. The van der Waals surface area contributed by atoms with Crippen molar-refractivity contribution in [3.63, 3.8) is 0 Å². The van der Waals surface area contributed by atoms with Crippen molar-refractivity contribution in [1.29, 1.82) is 0 Å². The van der Waals surface area contributed by atoms with Crippen LogP contribution in [-0.2, 0) is 0 Å². The molecule has 68 valence electrons. The third-order valence-electron chi connectivity index (χ3n) is 2.01. The summed E-state index contributed by atoms with van der Waals surface area (Å²) in [6.45, 7) is 0. The highest BCUT2D eigenvalue weighted by Crippen LogP contribution is 2.24. The molecule has 3 N–H and O–H groups in total. The van der Waals surface area contributed by atoms with E-state index < -0.39 is 0 Å². The molecule has 0 aromatic carbocycles. The van der Waals surface area contributed by atoms with Crippen LogP contribution in [0.25, 0.3) is 11.0 Å². The monoisotopic (exact) mass is 176 g/mol. The fraction of sp³-hybridized carbons (Fsp3) is 0.222. The molecule has 0 spiro atoms. The first-order valence-electron chi connectivity index (χ1n) is 4.08. The van der Waals surface area contributed by atoms with Gasteiger partial charge in [-0.15, -0.1) is 0 Å². The largest absolute Gasteiger partial charge is 0.397 e. The number of anilines is 2. The summed E-state index contributed by atoms with van der Waals surface area (Å²) in [4.78, 5) is 9.29. The predicted octanol–water partition coefficient (Wildman–Crippen LogP) is 1.21. The lowest BCUT2D eigenvalue weighted by atomic mass is 10.3. The Morgan fingerprint density at radius 2 is 2.23 bits per heavy atom. The Morgan fingerprint density at radius 1 is 1.46 bits per heavy atom. The standard InChI is InChI=1S/C9H12N4/c1-13(2)8-5-12-9-7(8)3-6(10)4-11-9/h3-5H,10H2,1-2H3,(H,11,12). The average molecular weight is 176 g/mol. The molecule has 4 nitrogen and oxygen atoms in total. The summed E-state index contributed by atoms with van der Waals surface area (Å²) in [5, 5.41) is 1.06. The van der Waals surface area contributed by atoms with Gasteiger partial charge in [-0.1, -0.05) is 0 Å². The molecule has 0 saturated heterocycles. The van der Waals surface area contributed by atoms with Crippen LogP contribution in [0.1, 0.15) is 0 Å². The van der Waals surface area contributed by atoms with Gasteiger partial charge in [0.15, 0.2) is 0 Å². The van der Waals surface area contributed by atoms with Crippen LogP contribution in [-0.4, -0.2) is 24.1 Å². The van der Waals surface area contributed by atoms with Crippen molar-refractivity contribution in [3.05, 3.63) is 18.5 Å². The smallest absolute Gasteiger partial charge is 0.139 e. The van der Waals surface area contributed by atoms with Gasteiger partial charge in [-0.05, 0) is 6.07 Å². The highest BCUT2D eigenvalue weighted by atomic mass is 15.1. The van der Waals surface area contributed by atoms with Crippen molar-refractivity contribution in [2.24, 2.45) is 0 Å². The van der Waals surface area contributed by atoms with Gasteiger partial charge < -0.3 is 15.6 Å². The molecule has 0 unspecified atom stereocenters. The van der Waals surface area contributed by atoms with Crippen molar-refractivity contribution in [2.45, 2.75) is 0 Å². The minimum Gasteiger partial charge on any atom is -0.397 e. The van der Waals surface area contributed by atoms with E-state index in [0.717, 1.165) is 16.7 Å². The van der Waals surface area contributed by atoms with E-state index >= 15 is 0 Å². The summed E-state index contributed by atoms with van der Waals surface area (Å²) in [5.41, 5.74) is 8.33. The number of nitrogen functional groups attached to an aromatic ring is 1. The first-order chi connectivity index (χ1) is 6.18. The molecule has 2 heterocycles. The number of nitrogens with two attached hydrogens (primary N) is 1. The van der Waals surface area contributed by atoms with Crippen LogP contribution >= 0.6 is 0 Å². The molecule has 2 rings (SSSR count). The Bertz CT molecular complexity index is 430. The SMILES string of the molecule is CN(C)c1c[nH]c2ncc(N)cc12. The summed E-state index contributed by atoms with van der Waals surface area (Å²) in [6, 6.07) is 1.92. The van der Waals surface area contributed by atoms with Crippen LogP contribution in [0.4, 0.5) is 11.4 Å². The number of hydrogen-bond acceptors (Lipinski definition) is 3. The second kappa shape index (κ2) is 2.65. The molecule has 13 heavy (non-hydrogen) atoms. The zero-order valence-corrected chi connectivity index (χ0v) is 7.70. The van der Waals surface area contributed by atoms with Gasteiger partial charge in [0.25, 0.3) is 0 Å². The summed E-state index contributed by atoms with van der Waals surface area (Å²) in [5.74, 6) is 0. The Labute approximate surface area is 76.4 Å². The van der Waals surface area contributed by atoms with E-state index in [2.05, 4.69) is 9.97 Å². The Kier molecular flexibility index (Phi) is 1.62. The maximum atomic E-state index is 5.66. The maximum Gasteiger partial charge on any atom is 0.139 e. The fourth-order valence-electron chi connectivity index (χ4n) is 1.38. The molecule has 4 heteroatoms. The third-order valence-corrected chi connectivity index (χ3v) is 2.01. The van der Waals surface area contributed by atoms with Crippen LogP contribution in [0.2, 0.25) is 0 Å². The highest BCUT2D eigenvalue weighted by molar-refractivity contribution is 5.91. The first-order valence-corrected chi connectivity index (χ1v) is 4.08. The molecule has 0 aliphatic carbocycles. The molecule has 2 aromatic rings. The van der Waals surface area contributed by atoms with E-state index in [1.165, 1.54) is 0 Å². The zero-order chi connectivity index (χ0) is 9.42. The average Bonchev–Trinajstić information content (AvgIpc) is 2.46. The molecule has 0 bridgehead atoms.